The van der Waals surface area contributed by atoms with E-state index in [-0.39, 0.29) is 11.6 Å². The van der Waals surface area contributed by atoms with Gasteiger partial charge in [0.2, 0.25) is 0 Å². The highest BCUT2D eigenvalue weighted by Crippen LogP contribution is 2.08. The Bertz CT molecular complexity index is 600. The molecule has 0 radical (unpaired) electrons. The maximum absolute atomic E-state index is 12.2. The summed E-state index contributed by atoms with van der Waals surface area (Å²) in [7, 11) is 1.30. The molecule has 0 saturated heterocycles. The van der Waals surface area contributed by atoms with Gasteiger partial charge in [-0.2, -0.15) is 5.10 Å². The number of rotatable bonds is 4. The van der Waals surface area contributed by atoms with Gasteiger partial charge in [-0.05, 0) is 24.1 Å². The minimum atomic E-state index is -0.683. The molecular weight excluding hydrogens is 258 g/mol. The Balaban J connectivity index is 2.20. The van der Waals surface area contributed by atoms with Crippen molar-refractivity contribution in [3.05, 3.63) is 36.2 Å². The predicted octanol–water partition coefficient (Wildman–Crippen LogP) is 1.26. The highest BCUT2D eigenvalue weighted by molar-refractivity contribution is 5.96. The van der Waals surface area contributed by atoms with Crippen molar-refractivity contribution in [1.82, 2.24) is 14.9 Å². The summed E-state index contributed by atoms with van der Waals surface area (Å²) in [4.78, 5) is 23.8. The molecule has 1 amide bonds. The molecule has 6 heteroatoms. The molecule has 1 atom stereocenters. The zero-order chi connectivity index (χ0) is 14.7. The Morgan fingerprint density at radius 1 is 1.35 bits per heavy atom. The zero-order valence-corrected chi connectivity index (χ0v) is 11.7. The van der Waals surface area contributed by atoms with Crippen LogP contribution in [0.4, 0.5) is 0 Å². The number of methoxy groups -OCH3 is 1. The van der Waals surface area contributed by atoms with E-state index < -0.39 is 17.9 Å². The summed E-state index contributed by atoms with van der Waals surface area (Å²) in [6, 6.07) is 6.53. The largest absolute Gasteiger partial charge is 0.467 e. The van der Waals surface area contributed by atoms with Gasteiger partial charge in [-0.15, -0.1) is 0 Å². The Kier molecular flexibility index (Phi) is 4.02. The molecule has 2 aromatic heterocycles. The van der Waals surface area contributed by atoms with E-state index in [0.717, 1.165) is 5.52 Å². The summed E-state index contributed by atoms with van der Waals surface area (Å²) < 4.78 is 6.30. The molecule has 0 aliphatic heterocycles. The second kappa shape index (κ2) is 5.73. The van der Waals surface area contributed by atoms with Crippen LogP contribution in [0.1, 0.15) is 24.3 Å². The molecule has 0 spiro atoms. The first-order valence-corrected chi connectivity index (χ1v) is 6.36. The van der Waals surface area contributed by atoms with Gasteiger partial charge < -0.3 is 10.1 Å². The molecule has 1 unspecified atom stereocenters. The van der Waals surface area contributed by atoms with Crippen LogP contribution in [0.15, 0.2) is 30.5 Å². The maximum Gasteiger partial charge on any atom is 0.328 e. The third-order valence-corrected chi connectivity index (χ3v) is 3.01. The molecule has 20 heavy (non-hydrogen) atoms. The summed E-state index contributed by atoms with van der Waals surface area (Å²) in [5.74, 6) is -0.918. The Hall–Kier alpha value is -2.37. The van der Waals surface area contributed by atoms with E-state index >= 15 is 0 Å². The van der Waals surface area contributed by atoms with Crippen LogP contribution in [0.2, 0.25) is 0 Å². The minimum Gasteiger partial charge on any atom is -0.467 e. The highest BCUT2D eigenvalue weighted by Gasteiger charge is 2.26. The molecular formula is C14H17N3O3. The van der Waals surface area contributed by atoms with E-state index in [4.69, 9.17) is 4.74 Å². The third-order valence-electron chi connectivity index (χ3n) is 3.01. The molecule has 0 aromatic carbocycles. The maximum atomic E-state index is 12.2. The van der Waals surface area contributed by atoms with Crippen LogP contribution >= 0.6 is 0 Å². The normalized spacial score (nSPS) is 12.4. The summed E-state index contributed by atoms with van der Waals surface area (Å²) in [6.45, 7) is 3.68. The average Bonchev–Trinajstić information content (AvgIpc) is 2.87. The van der Waals surface area contributed by atoms with Gasteiger partial charge in [0, 0.05) is 6.20 Å². The molecule has 2 aromatic rings. The molecule has 0 saturated carbocycles. The topological polar surface area (TPSA) is 72.7 Å². The van der Waals surface area contributed by atoms with E-state index in [2.05, 4.69) is 10.4 Å². The van der Waals surface area contributed by atoms with E-state index in [0.29, 0.717) is 0 Å². The first-order chi connectivity index (χ1) is 9.52. The summed E-state index contributed by atoms with van der Waals surface area (Å²) in [5.41, 5.74) is 1.09. The van der Waals surface area contributed by atoms with Crippen molar-refractivity contribution in [2.45, 2.75) is 19.9 Å². The van der Waals surface area contributed by atoms with Crippen molar-refractivity contribution >= 4 is 17.4 Å². The quantitative estimate of drug-likeness (QED) is 0.853. The van der Waals surface area contributed by atoms with Gasteiger partial charge in [0.15, 0.2) is 5.69 Å². The molecule has 1 N–H and O–H groups in total. The van der Waals surface area contributed by atoms with Crippen LogP contribution < -0.4 is 5.32 Å². The van der Waals surface area contributed by atoms with Gasteiger partial charge in [0.1, 0.15) is 6.04 Å². The lowest BCUT2D eigenvalue weighted by molar-refractivity contribution is -0.144. The lowest BCUT2D eigenvalue weighted by Gasteiger charge is -2.18. The number of fused-ring (bicyclic) bond motifs is 1. The van der Waals surface area contributed by atoms with Crippen molar-refractivity contribution < 1.29 is 14.3 Å². The number of hydrogen-bond acceptors (Lipinski definition) is 4. The average molecular weight is 275 g/mol. The molecule has 0 fully saturated rings. The summed E-state index contributed by atoms with van der Waals surface area (Å²) >= 11 is 0. The fourth-order valence-corrected chi connectivity index (χ4v) is 1.89. The van der Waals surface area contributed by atoms with E-state index in [1.165, 1.54) is 7.11 Å². The lowest BCUT2D eigenvalue weighted by atomic mass is 10.0. The fourth-order valence-electron chi connectivity index (χ4n) is 1.89. The number of amides is 1. The summed E-state index contributed by atoms with van der Waals surface area (Å²) in [5, 5.41) is 6.82. The van der Waals surface area contributed by atoms with Gasteiger partial charge in [-0.3, -0.25) is 4.79 Å². The molecule has 0 aliphatic rings. The first-order valence-electron chi connectivity index (χ1n) is 6.36. The Labute approximate surface area is 116 Å². The second-order valence-electron chi connectivity index (χ2n) is 4.82. The number of carbonyl (C=O) groups excluding carboxylic acids is 2. The highest BCUT2D eigenvalue weighted by atomic mass is 16.5. The van der Waals surface area contributed by atoms with Crippen molar-refractivity contribution in [3.8, 4) is 0 Å². The number of aromatic nitrogens is 2. The second-order valence-corrected chi connectivity index (χ2v) is 4.82. The molecule has 106 valence electrons. The molecule has 0 bridgehead atoms. The Morgan fingerprint density at radius 2 is 2.10 bits per heavy atom. The number of pyridine rings is 1. The van der Waals surface area contributed by atoms with Crippen molar-refractivity contribution in [2.24, 2.45) is 5.92 Å². The monoisotopic (exact) mass is 275 g/mol. The minimum absolute atomic E-state index is 0.0663. The van der Waals surface area contributed by atoms with Crippen LogP contribution in [0.3, 0.4) is 0 Å². The third kappa shape index (κ3) is 2.79. The number of esters is 1. The van der Waals surface area contributed by atoms with Gasteiger partial charge in [-0.25, -0.2) is 9.31 Å². The van der Waals surface area contributed by atoms with Crippen molar-refractivity contribution in [2.75, 3.05) is 7.11 Å². The standard InChI is InChI=1S/C14H17N3O3/c1-9(2)12(14(19)20-3)15-13(18)11-8-10-6-4-5-7-17(10)16-11/h4-9,12H,1-3H3,(H,15,18). The van der Waals surface area contributed by atoms with E-state index in [1.807, 2.05) is 32.0 Å². The zero-order valence-electron chi connectivity index (χ0n) is 11.7. The van der Waals surface area contributed by atoms with Crippen LogP contribution in [-0.2, 0) is 9.53 Å². The van der Waals surface area contributed by atoms with Gasteiger partial charge in [0.05, 0.1) is 12.6 Å². The lowest BCUT2D eigenvalue weighted by Crippen LogP contribution is -2.45. The number of ether oxygens (including phenoxy) is 1. The van der Waals surface area contributed by atoms with Crippen LogP contribution in [0.5, 0.6) is 0 Å². The summed E-state index contributed by atoms with van der Waals surface area (Å²) in [6.07, 6.45) is 1.76. The molecule has 6 nitrogen and oxygen atoms in total. The molecule has 2 heterocycles. The predicted molar refractivity (Wildman–Crippen MR) is 73.3 cm³/mol. The SMILES string of the molecule is COC(=O)C(NC(=O)c1cc2ccccn2n1)C(C)C. The molecule has 2 rings (SSSR count). The fraction of sp³-hybridized carbons (Fsp3) is 0.357. The Morgan fingerprint density at radius 3 is 2.70 bits per heavy atom. The van der Waals surface area contributed by atoms with Crippen LogP contribution in [-0.4, -0.2) is 34.6 Å². The molecule has 0 aliphatic carbocycles. The van der Waals surface area contributed by atoms with Crippen molar-refractivity contribution in [1.29, 1.82) is 0 Å². The van der Waals surface area contributed by atoms with E-state index in [9.17, 15) is 9.59 Å². The number of carbonyl (C=O) groups is 2. The van der Waals surface area contributed by atoms with Crippen molar-refractivity contribution in [3.63, 3.8) is 0 Å². The first kappa shape index (κ1) is 14.0. The van der Waals surface area contributed by atoms with Gasteiger partial charge in [-0.1, -0.05) is 19.9 Å². The smallest absolute Gasteiger partial charge is 0.328 e. The number of nitrogens with one attached hydrogen (secondary N) is 1. The number of hydrogen-bond donors (Lipinski definition) is 1. The van der Waals surface area contributed by atoms with E-state index in [1.54, 1.807) is 16.8 Å². The van der Waals surface area contributed by atoms with Gasteiger partial charge >= 0.3 is 5.97 Å². The van der Waals surface area contributed by atoms with Crippen LogP contribution in [0.25, 0.3) is 5.52 Å². The van der Waals surface area contributed by atoms with Gasteiger partial charge in [0.25, 0.3) is 5.91 Å². The number of nitrogens with zero attached hydrogens (tertiary/aromatic N) is 2. The van der Waals surface area contributed by atoms with Crippen LogP contribution in [0, 0.1) is 5.92 Å².